The number of aromatic nitrogens is 2. The van der Waals surface area contributed by atoms with Crippen LogP contribution >= 0.6 is 0 Å². The second-order valence-electron chi connectivity index (χ2n) is 5.84. The minimum absolute atomic E-state index is 0.171. The monoisotopic (exact) mass is 305 g/mol. The second kappa shape index (κ2) is 7.40. The highest BCUT2D eigenvalue weighted by Crippen LogP contribution is 2.28. The van der Waals surface area contributed by atoms with Gasteiger partial charge in [0.2, 0.25) is 5.91 Å². The molecule has 2 fully saturated rings. The van der Waals surface area contributed by atoms with E-state index in [1.165, 1.54) is 6.33 Å². The van der Waals surface area contributed by atoms with Gasteiger partial charge >= 0.3 is 0 Å². The van der Waals surface area contributed by atoms with Crippen LogP contribution in [0.1, 0.15) is 25.7 Å². The Morgan fingerprint density at radius 3 is 2.86 bits per heavy atom. The predicted molar refractivity (Wildman–Crippen MR) is 83.7 cm³/mol. The van der Waals surface area contributed by atoms with Crippen molar-refractivity contribution in [1.29, 1.82) is 0 Å². The fourth-order valence-corrected chi connectivity index (χ4v) is 2.46. The van der Waals surface area contributed by atoms with Crippen molar-refractivity contribution in [3.05, 3.63) is 12.4 Å². The fourth-order valence-electron chi connectivity index (χ4n) is 2.46. The second-order valence-corrected chi connectivity index (χ2v) is 5.84. The van der Waals surface area contributed by atoms with Crippen molar-refractivity contribution in [2.24, 2.45) is 5.92 Å². The molecule has 3 N–H and O–H groups in total. The summed E-state index contributed by atoms with van der Waals surface area (Å²) in [6.07, 6.45) is 5.78. The zero-order valence-electron chi connectivity index (χ0n) is 12.7. The van der Waals surface area contributed by atoms with Gasteiger partial charge in [0.25, 0.3) is 0 Å². The first-order chi connectivity index (χ1) is 10.8. The highest BCUT2D eigenvalue weighted by molar-refractivity contribution is 5.80. The SMILES string of the molecule is O=C(NCCNc1cc(NC2CCCOC2)ncn1)C1CC1. The Labute approximate surface area is 130 Å². The average molecular weight is 305 g/mol. The molecule has 120 valence electrons. The van der Waals surface area contributed by atoms with Crippen molar-refractivity contribution in [1.82, 2.24) is 15.3 Å². The number of hydrogen-bond donors (Lipinski definition) is 3. The fraction of sp³-hybridized carbons (Fsp3) is 0.667. The number of carbonyl (C=O) groups is 1. The van der Waals surface area contributed by atoms with Crippen molar-refractivity contribution in [3.63, 3.8) is 0 Å². The molecule has 1 saturated carbocycles. The molecule has 0 spiro atoms. The van der Waals surface area contributed by atoms with E-state index < -0.39 is 0 Å². The molecule has 7 heteroatoms. The van der Waals surface area contributed by atoms with E-state index >= 15 is 0 Å². The van der Waals surface area contributed by atoms with E-state index in [4.69, 9.17) is 4.74 Å². The van der Waals surface area contributed by atoms with Gasteiger partial charge in [-0.2, -0.15) is 0 Å². The Morgan fingerprint density at radius 2 is 2.09 bits per heavy atom. The summed E-state index contributed by atoms with van der Waals surface area (Å²) in [5, 5.41) is 9.49. The van der Waals surface area contributed by atoms with Gasteiger partial charge in [0, 0.05) is 31.7 Å². The molecule has 1 saturated heterocycles. The first-order valence-electron chi connectivity index (χ1n) is 7.99. The van der Waals surface area contributed by atoms with E-state index in [1.54, 1.807) is 0 Å². The van der Waals surface area contributed by atoms with Crippen LogP contribution in [-0.4, -0.2) is 48.2 Å². The normalized spacial score (nSPS) is 21.2. The van der Waals surface area contributed by atoms with Crippen molar-refractivity contribution < 1.29 is 9.53 Å². The zero-order chi connectivity index (χ0) is 15.2. The van der Waals surface area contributed by atoms with Crippen LogP contribution in [0.5, 0.6) is 0 Å². The van der Waals surface area contributed by atoms with Crippen LogP contribution in [0.3, 0.4) is 0 Å². The Bertz CT molecular complexity index is 500. The van der Waals surface area contributed by atoms with Crippen LogP contribution in [0.2, 0.25) is 0 Å². The summed E-state index contributed by atoms with van der Waals surface area (Å²) in [7, 11) is 0. The van der Waals surface area contributed by atoms with Gasteiger partial charge in [-0.3, -0.25) is 4.79 Å². The molecule has 1 atom stereocenters. The molecule has 0 aromatic carbocycles. The molecule has 0 radical (unpaired) electrons. The largest absolute Gasteiger partial charge is 0.379 e. The molecule has 0 bridgehead atoms. The molecule has 1 unspecified atom stereocenters. The average Bonchev–Trinajstić information content (AvgIpc) is 3.38. The Morgan fingerprint density at radius 1 is 1.23 bits per heavy atom. The van der Waals surface area contributed by atoms with Gasteiger partial charge in [-0.1, -0.05) is 0 Å². The molecule has 1 aromatic heterocycles. The van der Waals surface area contributed by atoms with E-state index in [-0.39, 0.29) is 11.8 Å². The summed E-state index contributed by atoms with van der Waals surface area (Å²) in [6.45, 7) is 2.83. The van der Waals surface area contributed by atoms with Crippen LogP contribution in [0.25, 0.3) is 0 Å². The van der Waals surface area contributed by atoms with Crippen LogP contribution in [0.15, 0.2) is 12.4 Å². The van der Waals surface area contributed by atoms with Gasteiger partial charge < -0.3 is 20.7 Å². The number of amides is 1. The van der Waals surface area contributed by atoms with Gasteiger partial charge in [-0.25, -0.2) is 9.97 Å². The number of hydrogen-bond acceptors (Lipinski definition) is 6. The Kier molecular flexibility index (Phi) is 5.05. The van der Waals surface area contributed by atoms with Gasteiger partial charge in [-0.15, -0.1) is 0 Å². The summed E-state index contributed by atoms with van der Waals surface area (Å²) in [5.74, 6) is 1.99. The third-order valence-corrected chi connectivity index (χ3v) is 3.86. The van der Waals surface area contributed by atoms with Crippen LogP contribution < -0.4 is 16.0 Å². The maximum absolute atomic E-state index is 11.5. The number of nitrogens with zero attached hydrogens (tertiary/aromatic N) is 2. The molecule has 2 aliphatic rings. The molecule has 3 rings (SSSR count). The van der Waals surface area contributed by atoms with E-state index in [9.17, 15) is 4.79 Å². The standard InChI is InChI=1S/C15H23N5O2/c21-15(11-3-4-11)17-6-5-16-13-8-14(19-10-18-13)20-12-2-1-7-22-9-12/h8,10-12H,1-7,9H2,(H,17,21)(H2,16,18,19,20). The third kappa shape index (κ3) is 4.56. The summed E-state index contributed by atoms with van der Waals surface area (Å²) in [6, 6.07) is 2.20. The Hall–Kier alpha value is -1.89. The van der Waals surface area contributed by atoms with Crippen LogP contribution in [0, 0.1) is 5.92 Å². The molecular weight excluding hydrogens is 282 g/mol. The highest BCUT2D eigenvalue weighted by Gasteiger charge is 2.28. The molecule has 1 amide bonds. The van der Waals surface area contributed by atoms with Gasteiger partial charge in [0.05, 0.1) is 12.6 Å². The number of carbonyl (C=O) groups excluding carboxylic acids is 1. The lowest BCUT2D eigenvalue weighted by atomic mass is 10.1. The first-order valence-corrected chi connectivity index (χ1v) is 7.99. The van der Waals surface area contributed by atoms with Crippen molar-refractivity contribution in [2.45, 2.75) is 31.7 Å². The van der Waals surface area contributed by atoms with Gasteiger partial charge in [-0.05, 0) is 25.7 Å². The van der Waals surface area contributed by atoms with Crippen molar-refractivity contribution in [2.75, 3.05) is 36.9 Å². The van der Waals surface area contributed by atoms with E-state index in [0.29, 0.717) is 19.1 Å². The molecule has 1 aromatic rings. The lowest BCUT2D eigenvalue weighted by Crippen LogP contribution is -2.30. The van der Waals surface area contributed by atoms with Crippen molar-refractivity contribution in [3.8, 4) is 0 Å². The summed E-state index contributed by atoms with van der Waals surface area (Å²) < 4.78 is 5.45. The summed E-state index contributed by atoms with van der Waals surface area (Å²) in [4.78, 5) is 19.9. The summed E-state index contributed by atoms with van der Waals surface area (Å²) in [5.41, 5.74) is 0. The van der Waals surface area contributed by atoms with Gasteiger partial charge in [0.15, 0.2) is 0 Å². The highest BCUT2D eigenvalue weighted by atomic mass is 16.5. The molecule has 22 heavy (non-hydrogen) atoms. The number of ether oxygens (including phenoxy) is 1. The van der Waals surface area contributed by atoms with Crippen LogP contribution in [-0.2, 0) is 9.53 Å². The lowest BCUT2D eigenvalue weighted by Gasteiger charge is -2.23. The smallest absolute Gasteiger partial charge is 0.223 e. The van der Waals surface area contributed by atoms with E-state index in [2.05, 4.69) is 25.9 Å². The minimum atomic E-state index is 0.171. The first kappa shape index (κ1) is 15.0. The van der Waals surface area contributed by atoms with E-state index in [0.717, 1.165) is 50.5 Å². The number of rotatable bonds is 7. The number of nitrogens with one attached hydrogen (secondary N) is 3. The van der Waals surface area contributed by atoms with Crippen molar-refractivity contribution >= 4 is 17.5 Å². The molecular formula is C15H23N5O2. The lowest BCUT2D eigenvalue weighted by molar-refractivity contribution is -0.122. The zero-order valence-corrected chi connectivity index (χ0v) is 12.7. The third-order valence-electron chi connectivity index (χ3n) is 3.86. The van der Waals surface area contributed by atoms with Gasteiger partial charge in [0.1, 0.15) is 18.0 Å². The molecule has 1 aliphatic carbocycles. The number of anilines is 2. The Balaban J connectivity index is 1.41. The quantitative estimate of drug-likeness (QED) is 0.652. The van der Waals surface area contributed by atoms with E-state index in [1.807, 2.05) is 6.07 Å². The predicted octanol–water partition coefficient (Wildman–Crippen LogP) is 1.01. The molecule has 2 heterocycles. The maximum atomic E-state index is 11.5. The van der Waals surface area contributed by atoms with Crippen LogP contribution in [0.4, 0.5) is 11.6 Å². The summed E-state index contributed by atoms with van der Waals surface area (Å²) >= 11 is 0. The molecule has 7 nitrogen and oxygen atoms in total. The maximum Gasteiger partial charge on any atom is 0.223 e. The molecule has 1 aliphatic heterocycles. The minimum Gasteiger partial charge on any atom is -0.379 e. The topological polar surface area (TPSA) is 88.2 Å².